The monoisotopic (exact) mass is 204 g/mol. The molecular formula is C9H16O5. The Morgan fingerprint density at radius 2 is 2.14 bits per heavy atom. The van der Waals surface area contributed by atoms with Crippen molar-refractivity contribution in [1.29, 1.82) is 0 Å². The highest BCUT2D eigenvalue weighted by Crippen LogP contribution is 2.37. The first kappa shape index (κ1) is 10.3. The molecule has 2 aliphatic heterocycles. The molecule has 0 saturated carbocycles. The summed E-state index contributed by atoms with van der Waals surface area (Å²) in [5.41, 5.74) is 0. The van der Waals surface area contributed by atoms with E-state index < -0.39 is 24.1 Å². The van der Waals surface area contributed by atoms with E-state index >= 15 is 0 Å². The van der Waals surface area contributed by atoms with Crippen molar-refractivity contribution < 1.29 is 24.8 Å². The lowest BCUT2D eigenvalue weighted by molar-refractivity contribution is -0.324. The largest absolute Gasteiger partial charge is 0.394 e. The third-order valence-electron chi connectivity index (χ3n) is 2.95. The summed E-state index contributed by atoms with van der Waals surface area (Å²) >= 11 is 0. The number of hydrogen-bond acceptors (Lipinski definition) is 5. The average Bonchev–Trinajstić information content (AvgIpc) is 2.61. The molecule has 2 saturated heterocycles. The molecule has 14 heavy (non-hydrogen) atoms. The van der Waals surface area contributed by atoms with Crippen LogP contribution in [-0.4, -0.2) is 52.6 Å². The normalized spacial score (nSPS) is 48.6. The maximum absolute atomic E-state index is 9.75. The van der Waals surface area contributed by atoms with Gasteiger partial charge in [0.2, 0.25) is 0 Å². The highest BCUT2D eigenvalue weighted by atomic mass is 16.7. The predicted molar refractivity (Wildman–Crippen MR) is 46.5 cm³/mol. The average molecular weight is 204 g/mol. The smallest absolute Gasteiger partial charge is 0.195 e. The molecule has 82 valence electrons. The number of ether oxygens (including phenoxy) is 2. The van der Waals surface area contributed by atoms with Crippen molar-refractivity contribution in [3.8, 4) is 0 Å². The summed E-state index contributed by atoms with van der Waals surface area (Å²) in [6, 6.07) is 0. The van der Waals surface area contributed by atoms with E-state index in [0.717, 1.165) is 6.42 Å². The van der Waals surface area contributed by atoms with E-state index in [-0.39, 0.29) is 13.0 Å². The zero-order chi connectivity index (χ0) is 10.2. The third kappa shape index (κ3) is 1.55. The fourth-order valence-corrected chi connectivity index (χ4v) is 2.12. The first-order valence-electron chi connectivity index (χ1n) is 4.97. The van der Waals surface area contributed by atoms with E-state index in [1.54, 1.807) is 0 Å². The van der Waals surface area contributed by atoms with Crippen LogP contribution in [0.1, 0.15) is 19.3 Å². The molecule has 2 fully saturated rings. The van der Waals surface area contributed by atoms with Crippen molar-refractivity contribution >= 4 is 0 Å². The second-order valence-electron chi connectivity index (χ2n) is 3.92. The van der Waals surface area contributed by atoms with Crippen LogP contribution in [0.2, 0.25) is 0 Å². The van der Waals surface area contributed by atoms with Crippen LogP contribution in [0.3, 0.4) is 0 Å². The molecule has 0 radical (unpaired) electrons. The van der Waals surface area contributed by atoms with Gasteiger partial charge in [-0.1, -0.05) is 0 Å². The minimum Gasteiger partial charge on any atom is -0.394 e. The Morgan fingerprint density at radius 3 is 2.71 bits per heavy atom. The Balaban J connectivity index is 2.10. The lowest BCUT2D eigenvalue weighted by Crippen LogP contribution is -2.57. The Morgan fingerprint density at radius 1 is 1.36 bits per heavy atom. The molecule has 2 rings (SSSR count). The van der Waals surface area contributed by atoms with Crippen molar-refractivity contribution in [2.45, 2.75) is 43.4 Å². The Hall–Kier alpha value is -0.200. The number of hydrogen-bond donors (Lipinski definition) is 3. The standard InChI is InChI=1S/C9H16O5/c10-5-7-6(11)4-8(12)9(14-7)2-1-3-13-9/h6-8,10-12H,1-5H2. The quantitative estimate of drug-likeness (QED) is 0.510. The zero-order valence-corrected chi connectivity index (χ0v) is 7.93. The second kappa shape index (κ2) is 3.75. The second-order valence-corrected chi connectivity index (χ2v) is 3.92. The summed E-state index contributed by atoms with van der Waals surface area (Å²) in [6.45, 7) is 0.310. The molecule has 5 nitrogen and oxygen atoms in total. The van der Waals surface area contributed by atoms with Gasteiger partial charge in [0.15, 0.2) is 5.79 Å². The van der Waals surface area contributed by atoms with Crippen LogP contribution in [0.15, 0.2) is 0 Å². The van der Waals surface area contributed by atoms with Crippen LogP contribution < -0.4 is 0 Å². The molecule has 0 aliphatic carbocycles. The van der Waals surface area contributed by atoms with Gasteiger partial charge in [0, 0.05) is 12.8 Å². The maximum atomic E-state index is 9.75. The summed E-state index contributed by atoms with van der Waals surface area (Å²) in [6.07, 6.45) is -0.599. The van der Waals surface area contributed by atoms with E-state index in [1.807, 2.05) is 0 Å². The molecule has 0 aromatic rings. The van der Waals surface area contributed by atoms with Gasteiger partial charge in [-0.2, -0.15) is 0 Å². The summed E-state index contributed by atoms with van der Waals surface area (Å²) in [5.74, 6) is -0.980. The SMILES string of the molecule is OCC1OC2(CCCO2)C(O)CC1O. The molecule has 0 aromatic carbocycles. The van der Waals surface area contributed by atoms with Gasteiger partial charge in [-0.15, -0.1) is 0 Å². The van der Waals surface area contributed by atoms with E-state index in [0.29, 0.717) is 13.0 Å². The van der Waals surface area contributed by atoms with Gasteiger partial charge in [-0.3, -0.25) is 0 Å². The molecule has 3 N–H and O–H groups in total. The topological polar surface area (TPSA) is 79.2 Å². The van der Waals surface area contributed by atoms with Crippen LogP contribution >= 0.6 is 0 Å². The first-order valence-corrected chi connectivity index (χ1v) is 4.97. The minimum absolute atomic E-state index is 0.200. The van der Waals surface area contributed by atoms with Crippen molar-refractivity contribution in [2.24, 2.45) is 0 Å². The maximum Gasteiger partial charge on any atom is 0.195 e. The van der Waals surface area contributed by atoms with Gasteiger partial charge in [0.05, 0.1) is 19.3 Å². The van der Waals surface area contributed by atoms with Crippen molar-refractivity contribution in [3.05, 3.63) is 0 Å². The summed E-state index contributed by atoms with van der Waals surface area (Å²) < 4.78 is 10.8. The Kier molecular flexibility index (Phi) is 2.77. The highest BCUT2D eigenvalue weighted by Gasteiger charge is 2.50. The molecule has 4 unspecified atom stereocenters. The van der Waals surface area contributed by atoms with Crippen LogP contribution in [0.4, 0.5) is 0 Å². The molecule has 1 spiro atoms. The van der Waals surface area contributed by atoms with E-state index in [9.17, 15) is 10.2 Å². The Labute approximate surface area is 82.3 Å². The van der Waals surface area contributed by atoms with Gasteiger partial charge in [0.1, 0.15) is 12.2 Å². The van der Waals surface area contributed by atoms with Gasteiger partial charge in [-0.05, 0) is 6.42 Å². The number of aliphatic hydroxyl groups is 3. The van der Waals surface area contributed by atoms with Gasteiger partial charge in [0.25, 0.3) is 0 Å². The fourth-order valence-electron chi connectivity index (χ4n) is 2.12. The van der Waals surface area contributed by atoms with Crippen molar-refractivity contribution in [1.82, 2.24) is 0 Å². The molecular weight excluding hydrogens is 188 g/mol. The van der Waals surface area contributed by atoms with Crippen LogP contribution in [-0.2, 0) is 9.47 Å². The molecule has 5 heteroatoms. The molecule has 2 heterocycles. The first-order chi connectivity index (χ1) is 6.68. The van der Waals surface area contributed by atoms with Crippen LogP contribution in [0.5, 0.6) is 0 Å². The molecule has 0 bridgehead atoms. The molecule has 0 aromatic heterocycles. The Bertz CT molecular complexity index is 201. The van der Waals surface area contributed by atoms with Gasteiger partial charge >= 0.3 is 0 Å². The number of aliphatic hydroxyl groups excluding tert-OH is 3. The van der Waals surface area contributed by atoms with E-state index in [4.69, 9.17) is 14.6 Å². The lowest BCUT2D eigenvalue weighted by Gasteiger charge is -2.43. The lowest BCUT2D eigenvalue weighted by atomic mass is 9.94. The van der Waals surface area contributed by atoms with Crippen LogP contribution in [0, 0.1) is 0 Å². The zero-order valence-electron chi connectivity index (χ0n) is 7.93. The minimum atomic E-state index is -0.980. The van der Waals surface area contributed by atoms with Crippen LogP contribution in [0.25, 0.3) is 0 Å². The van der Waals surface area contributed by atoms with E-state index in [1.165, 1.54) is 0 Å². The molecule has 0 amide bonds. The van der Waals surface area contributed by atoms with Crippen molar-refractivity contribution in [3.63, 3.8) is 0 Å². The molecule has 2 aliphatic rings. The molecule has 4 atom stereocenters. The summed E-state index contributed by atoms with van der Waals surface area (Å²) in [4.78, 5) is 0. The summed E-state index contributed by atoms with van der Waals surface area (Å²) in [5, 5.41) is 28.2. The van der Waals surface area contributed by atoms with Gasteiger partial charge in [-0.25, -0.2) is 0 Å². The fraction of sp³-hybridized carbons (Fsp3) is 1.00. The van der Waals surface area contributed by atoms with Crippen molar-refractivity contribution in [2.75, 3.05) is 13.2 Å². The van der Waals surface area contributed by atoms with E-state index in [2.05, 4.69) is 0 Å². The number of rotatable bonds is 1. The van der Waals surface area contributed by atoms with Gasteiger partial charge < -0.3 is 24.8 Å². The summed E-state index contributed by atoms with van der Waals surface area (Å²) in [7, 11) is 0. The highest BCUT2D eigenvalue weighted by molar-refractivity contribution is 4.92. The predicted octanol–water partition coefficient (Wildman–Crippen LogP) is -1.00. The third-order valence-corrected chi connectivity index (χ3v) is 2.95.